The second-order valence-corrected chi connectivity index (χ2v) is 19.7. The van der Waals surface area contributed by atoms with Gasteiger partial charge < -0.3 is 15.5 Å². The maximum atomic E-state index is 14.6. The average Bonchev–Trinajstić information content (AvgIpc) is 3.38. The first-order valence-corrected chi connectivity index (χ1v) is 21.5. The lowest BCUT2D eigenvalue weighted by Crippen LogP contribution is -2.61. The molecule has 2 saturated carbocycles. The van der Waals surface area contributed by atoms with E-state index in [0.717, 1.165) is 44.1 Å². The standard InChI is InChI=1S/C42H62N4O7S/c1-8-10-17-28(37(49)32(47)21-11-9-2)23-33(48)36-35-30(42(35,6)7)25-46(36)39(50)38(41(3,4)5)44-40(51)43-31(27-18-13-12-14-19-27)26-45-24-29-20-15-16-22-34(29)54(45,52)53/h9,15-16,20,22,27-28,30-31,35-36,38H,2,8,10-14,17-19,21,23-26H2,1,3-7H3,(H2,43,44,51)/t28?,30-,31+,35-,36+,38+/m0/s1. The van der Waals surface area contributed by atoms with Crippen LogP contribution in [-0.2, 0) is 35.7 Å². The number of hydrogen-bond acceptors (Lipinski definition) is 7. The molecule has 2 aliphatic carbocycles. The van der Waals surface area contributed by atoms with Crippen molar-refractivity contribution in [1.29, 1.82) is 0 Å². The third-order valence-electron chi connectivity index (χ3n) is 12.7. The van der Waals surface area contributed by atoms with E-state index in [1.807, 2.05) is 39.8 Å². The van der Waals surface area contributed by atoms with Crippen LogP contribution in [0.15, 0.2) is 41.8 Å². The van der Waals surface area contributed by atoms with Gasteiger partial charge in [0.05, 0.1) is 10.9 Å². The monoisotopic (exact) mass is 766 g/mol. The lowest BCUT2D eigenvalue weighted by Gasteiger charge is -2.38. The second-order valence-electron chi connectivity index (χ2n) is 17.8. The van der Waals surface area contributed by atoms with Crippen LogP contribution in [0.5, 0.6) is 0 Å². The number of fused-ring (bicyclic) bond motifs is 2. The van der Waals surface area contributed by atoms with Crippen molar-refractivity contribution in [2.75, 3.05) is 13.1 Å². The number of carbonyl (C=O) groups is 5. The topological polar surface area (TPSA) is 150 Å². The molecule has 54 heavy (non-hydrogen) atoms. The predicted molar refractivity (Wildman–Crippen MR) is 208 cm³/mol. The molecule has 11 nitrogen and oxygen atoms in total. The highest BCUT2D eigenvalue weighted by atomic mass is 32.2. The van der Waals surface area contributed by atoms with Crippen molar-refractivity contribution in [3.05, 3.63) is 42.5 Å². The van der Waals surface area contributed by atoms with E-state index in [1.54, 1.807) is 23.1 Å². The number of hydrogen-bond donors (Lipinski definition) is 2. The molecule has 0 aromatic heterocycles. The summed E-state index contributed by atoms with van der Waals surface area (Å²) in [5, 5.41) is 6.07. The Morgan fingerprint density at radius 2 is 1.72 bits per heavy atom. The fraction of sp³-hybridized carbons (Fsp3) is 0.690. The molecule has 12 heteroatoms. The van der Waals surface area contributed by atoms with Crippen LogP contribution in [0, 0.1) is 34.5 Å². The molecule has 0 radical (unpaired) electrons. The quantitative estimate of drug-likeness (QED) is 0.142. The summed E-state index contributed by atoms with van der Waals surface area (Å²) in [4.78, 5) is 70.9. The SMILES string of the molecule is C=CCCC(=O)C(=O)C(CCCC)CC(=O)[C@@H]1[C@@H]2[C@H](CN1C(=O)[C@@H](NC(=O)N[C@H](CN1Cc3ccccc3S1(=O)=O)C1CCCCC1)C(C)(C)C)C2(C)C. The van der Waals surface area contributed by atoms with Gasteiger partial charge in [0.25, 0.3) is 0 Å². The Hall–Kier alpha value is -3.38. The molecule has 1 aromatic rings. The summed E-state index contributed by atoms with van der Waals surface area (Å²) in [7, 11) is -3.72. The van der Waals surface area contributed by atoms with Crippen molar-refractivity contribution in [3.8, 4) is 0 Å². The number of piperidine rings is 1. The average molecular weight is 767 g/mol. The van der Waals surface area contributed by atoms with Gasteiger partial charge in [0.1, 0.15) is 6.04 Å². The fourth-order valence-electron chi connectivity index (χ4n) is 9.29. The molecule has 2 N–H and O–H groups in total. The highest BCUT2D eigenvalue weighted by Gasteiger charge is 2.69. The molecule has 3 fully saturated rings. The molecule has 2 heterocycles. The number of sulfonamides is 1. The molecule has 1 aromatic carbocycles. The zero-order chi connectivity index (χ0) is 39.6. The van der Waals surface area contributed by atoms with E-state index in [0.29, 0.717) is 30.7 Å². The van der Waals surface area contributed by atoms with Crippen LogP contribution in [0.2, 0.25) is 0 Å². The van der Waals surface area contributed by atoms with Crippen LogP contribution in [0.4, 0.5) is 4.79 Å². The molecule has 5 rings (SSSR count). The number of rotatable bonds is 17. The number of ketones is 3. The van der Waals surface area contributed by atoms with E-state index < -0.39 is 57.1 Å². The van der Waals surface area contributed by atoms with Gasteiger partial charge in [-0.2, -0.15) is 4.31 Å². The number of nitrogens with one attached hydrogen (secondary N) is 2. The molecule has 6 atom stereocenters. The lowest BCUT2D eigenvalue weighted by atomic mass is 9.83. The molecule has 1 unspecified atom stereocenters. The van der Waals surface area contributed by atoms with Crippen LogP contribution in [0.25, 0.3) is 0 Å². The normalized spacial score (nSPS) is 24.8. The van der Waals surface area contributed by atoms with Gasteiger partial charge in [0, 0.05) is 44.4 Å². The Labute approximate surface area is 322 Å². The van der Waals surface area contributed by atoms with Gasteiger partial charge >= 0.3 is 6.03 Å². The molecule has 2 aliphatic heterocycles. The van der Waals surface area contributed by atoms with Gasteiger partial charge in [-0.1, -0.05) is 97.9 Å². The Bertz CT molecular complexity index is 1710. The van der Waals surface area contributed by atoms with E-state index in [4.69, 9.17) is 0 Å². The predicted octanol–water partition coefficient (Wildman–Crippen LogP) is 6.21. The summed E-state index contributed by atoms with van der Waals surface area (Å²) in [6, 6.07) is 4.21. The smallest absolute Gasteiger partial charge is 0.315 e. The van der Waals surface area contributed by atoms with E-state index in [-0.39, 0.29) is 60.8 Å². The Balaban J connectivity index is 1.34. The second kappa shape index (κ2) is 16.8. The van der Waals surface area contributed by atoms with Crippen LogP contribution < -0.4 is 10.6 Å². The van der Waals surface area contributed by atoms with Crippen LogP contribution >= 0.6 is 0 Å². The van der Waals surface area contributed by atoms with Gasteiger partial charge in [0.15, 0.2) is 11.6 Å². The van der Waals surface area contributed by atoms with Gasteiger partial charge in [-0.05, 0) is 65.9 Å². The summed E-state index contributed by atoms with van der Waals surface area (Å²) in [6.45, 7) is 16.2. The van der Waals surface area contributed by atoms with Crippen molar-refractivity contribution >= 4 is 39.3 Å². The summed E-state index contributed by atoms with van der Waals surface area (Å²) in [6.07, 6.45) is 8.72. The zero-order valence-electron chi connectivity index (χ0n) is 33.2. The van der Waals surface area contributed by atoms with Crippen LogP contribution in [-0.4, -0.2) is 78.1 Å². The number of unbranched alkanes of at least 4 members (excludes halogenated alkanes) is 1. The van der Waals surface area contributed by atoms with Gasteiger partial charge in [-0.15, -0.1) is 6.58 Å². The maximum Gasteiger partial charge on any atom is 0.315 e. The Morgan fingerprint density at radius 3 is 2.35 bits per heavy atom. The van der Waals surface area contributed by atoms with E-state index >= 15 is 0 Å². The highest BCUT2D eigenvalue weighted by molar-refractivity contribution is 7.89. The van der Waals surface area contributed by atoms with Gasteiger partial charge in [-0.3, -0.25) is 19.2 Å². The number of Topliss-reactive ketones (excluding diaryl/α,β-unsaturated/α-hetero) is 3. The van der Waals surface area contributed by atoms with Crippen molar-refractivity contribution in [2.24, 2.45) is 34.5 Å². The minimum Gasteiger partial charge on any atom is -0.334 e. The molecular formula is C42H62N4O7S. The first kappa shape index (κ1) is 41.8. The summed E-state index contributed by atoms with van der Waals surface area (Å²) in [5.74, 6) is -2.22. The third kappa shape index (κ3) is 8.85. The highest BCUT2D eigenvalue weighted by Crippen LogP contribution is 2.65. The number of allylic oxidation sites excluding steroid dienone is 1. The Morgan fingerprint density at radius 1 is 1.04 bits per heavy atom. The van der Waals surface area contributed by atoms with E-state index in [9.17, 15) is 32.4 Å². The van der Waals surface area contributed by atoms with Crippen molar-refractivity contribution < 1.29 is 32.4 Å². The molecule has 298 valence electrons. The van der Waals surface area contributed by atoms with Crippen LogP contribution in [0.1, 0.15) is 118 Å². The maximum absolute atomic E-state index is 14.6. The first-order chi connectivity index (χ1) is 25.4. The summed E-state index contributed by atoms with van der Waals surface area (Å²) >= 11 is 0. The summed E-state index contributed by atoms with van der Waals surface area (Å²) in [5.41, 5.74) is -0.161. The first-order valence-electron chi connectivity index (χ1n) is 20.1. The zero-order valence-corrected chi connectivity index (χ0v) is 34.0. The molecule has 3 amide bonds. The Kier molecular flexibility index (Phi) is 13.0. The molecule has 4 aliphatic rings. The lowest BCUT2D eigenvalue weighted by molar-refractivity contribution is -0.144. The number of amides is 3. The fourth-order valence-corrected chi connectivity index (χ4v) is 11.0. The van der Waals surface area contributed by atoms with Crippen molar-refractivity contribution in [1.82, 2.24) is 19.8 Å². The number of carbonyl (C=O) groups excluding carboxylic acids is 5. The van der Waals surface area contributed by atoms with Gasteiger partial charge in [0.2, 0.25) is 21.7 Å². The molecule has 1 saturated heterocycles. The third-order valence-corrected chi connectivity index (χ3v) is 14.6. The van der Waals surface area contributed by atoms with Crippen molar-refractivity contribution in [2.45, 2.75) is 142 Å². The van der Waals surface area contributed by atoms with Crippen molar-refractivity contribution in [3.63, 3.8) is 0 Å². The molecule has 0 spiro atoms. The number of likely N-dealkylation sites (tertiary alicyclic amines) is 1. The molecule has 0 bridgehead atoms. The summed E-state index contributed by atoms with van der Waals surface area (Å²) < 4.78 is 28.5. The number of nitrogens with zero attached hydrogens (tertiary/aromatic N) is 2. The largest absolute Gasteiger partial charge is 0.334 e. The minimum atomic E-state index is -3.72. The van der Waals surface area contributed by atoms with Crippen LogP contribution in [0.3, 0.4) is 0 Å². The van der Waals surface area contributed by atoms with Gasteiger partial charge in [-0.25, -0.2) is 13.2 Å². The molecular weight excluding hydrogens is 705 g/mol. The minimum absolute atomic E-state index is 0.0645. The van der Waals surface area contributed by atoms with E-state index in [1.165, 1.54) is 4.31 Å². The number of benzene rings is 1. The van der Waals surface area contributed by atoms with E-state index in [2.05, 4.69) is 31.1 Å². The number of urea groups is 1.